The van der Waals surface area contributed by atoms with Crippen LogP contribution in [0, 0.1) is 23.6 Å². The highest BCUT2D eigenvalue weighted by Gasteiger charge is 2.53. The van der Waals surface area contributed by atoms with E-state index in [2.05, 4.69) is 41.0 Å². The third kappa shape index (κ3) is 3.04. The van der Waals surface area contributed by atoms with E-state index in [-0.39, 0.29) is 11.6 Å². The van der Waals surface area contributed by atoms with E-state index in [1.165, 1.54) is 36.5 Å². The van der Waals surface area contributed by atoms with E-state index >= 15 is 0 Å². The van der Waals surface area contributed by atoms with Crippen molar-refractivity contribution in [1.82, 2.24) is 0 Å². The lowest BCUT2D eigenvalue weighted by Crippen LogP contribution is -2.35. The number of benzene rings is 3. The summed E-state index contributed by atoms with van der Waals surface area (Å²) < 4.78 is 14.0. The zero-order chi connectivity index (χ0) is 20.9. The van der Waals surface area contributed by atoms with Crippen LogP contribution in [-0.4, -0.2) is 5.91 Å². The Balaban J connectivity index is 1.36. The fourth-order valence-corrected chi connectivity index (χ4v) is 6.37. The predicted molar refractivity (Wildman–Crippen MR) is 121 cm³/mol. The topological polar surface area (TPSA) is 41.1 Å². The van der Waals surface area contributed by atoms with Gasteiger partial charge in [-0.3, -0.25) is 4.79 Å². The number of amides is 1. The Kier molecular flexibility index (Phi) is 4.34. The summed E-state index contributed by atoms with van der Waals surface area (Å²) in [5.74, 6) is 1.76. The van der Waals surface area contributed by atoms with Gasteiger partial charge in [-0.1, -0.05) is 42.5 Å². The number of nitrogens with one attached hydrogen (secondary N) is 2. The lowest BCUT2D eigenvalue weighted by atomic mass is 9.68. The van der Waals surface area contributed by atoms with Crippen LogP contribution in [0.4, 0.5) is 15.8 Å². The van der Waals surface area contributed by atoms with Gasteiger partial charge in [-0.25, -0.2) is 4.39 Å². The normalized spacial score (nSPS) is 27.8. The highest BCUT2D eigenvalue weighted by Crippen LogP contribution is 2.63. The highest BCUT2D eigenvalue weighted by atomic mass is 19.1. The van der Waals surface area contributed by atoms with E-state index in [1.807, 2.05) is 18.2 Å². The first-order valence-corrected chi connectivity index (χ1v) is 11.2. The van der Waals surface area contributed by atoms with Crippen molar-refractivity contribution in [2.45, 2.75) is 31.2 Å². The van der Waals surface area contributed by atoms with Crippen molar-refractivity contribution in [3.63, 3.8) is 0 Å². The Labute approximate surface area is 181 Å². The van der Waals surface area contributed by atoms with E-state index in [1.54, 1.807) is 18.2 Å². The molecule has 2 saturated carbocycles. The minimum absolute atomic E-state index is 0.213. The van der Waals surface area contributed by atoms with Gasteiger partial charge < -0.3 is 10.6 Å². The van der Waals surface area contributed by atoms with Crippen LogP contribution in [0.15, 0.2) is 72.8 Å². The van der Waals surface area contributed by atoms with E-state index in [0.29, 0.717) is 29.4 Å². The molecule has 0 spiro atoms. The van der Waals surface area contributed by atoms with Gasteiger partial charge in [0.25, 0.3) is 5.91 Å². The molecule has 1 amide bonds. The van der Waals surface area contributed by atoms with Crippen LogP contribution in [-0.2, 0) is 0 Å². The predicted octanol–water partition coefficient (Wildman–Crippen LogP) is 6.37. The molecule has 3 aliphatic rings. The van der Waals surface area contributed by atoms with E-state index in [0.717, 1.165) is 11.6 Å². The number of carbonyl (C=O) groups excluding carboxylic acids is 1. The molecule has 0 aromatic heterocycles. The number of halogens is 1. The van der Waals surface area contributed by atoms with Crippen molar-refractivity contribution in [2.75, 3.05) is 10.6 Å². The first kappa shape index (κ1) is 18.6. The molecule has 2 aliphatic carbocycles. The molecule has 2 bridgehead atoms. The number of fused-ring (bicyclic) bond motifs is 7. The Morgan fingerprint density at radius 1 is 0.935 bits per heavy atom. The second-order valence-corrected chi connectivity index (χ2v) is 9.21. The summed E-state index contributed by atoms with van der Waals surface area (Å²) in [4.78, 5) is 12.9. The third-order valence-corrected chi connectivity index (χ3v) is 7.63. The van der Waals surface area contributed by atoms with Gasteiger partial charge in [0.2, 0.25) is 0 Å². The van der Waals surface area contributed by atoms with Crippen LogP contribution >= 0.6 is 0 Å². The van der Waals surface area contributed by atoms with Gasteiger partial charge in [0.15, 0.2) is 0 Å². The van der Waals surface area contributed by atoms with Gasteiger partial charge in [0, 0.05) is 11.3 Å². The number of hydrogen-bond donors (Lipinski definition) is 2. The van der Waals surface area contributed by atoms with Gasteiger partial charge in [-0.2, -0.15) is 0 Å². The number of carbonyl (C=O) groups is 1. The Bertz CT molecular complexity index is 1140. The van der Waals surface area contributed by atoms with Crippen molar-refractivity contribution >= 4 is 17.3 Å². The zero-order valence-corrected chi connectivity index (χ0v) is 17.2. The van der Waals surface area contributed by atoms with Crippen molar-refractivity contribution in [1.29, 1.82) is 0 Å². The molecule has 2 N–H and O–H groups in total. The van der Waals surface area contributed by atoms with Gasteiger partial charge in [0.1, 0.15) is 5.82 Å². The number of anilines is 2. The molecule has 6 rings (SSSR count). The number of para-hydroxylation sites is 1. The molecule has 5 unspecified atom stereocenters. The van der Waals surface area contributed by atoms with Crippen molar-refractivity contribution < 1.29 is 9.18 Å². The summed E-state index contributed by atoms with van der Waals surface area (Å²) >= 11 is 0. The summed E-state index contributed by atoms with van der Waals surface area (Å²) in [5, 5.41) is 6.53. The molecule has 31 heavy (non-hydrogen) atoms. The molecule has 0 saturated heterocycles. The van der Waals surface area contributed by atoms with Crippen LogP contribution in [0.2, 0.25) is 0 Å². The molecule has 1 aliphatic heterocycles. The van der Waals surface area contributed by atoms with Crippen LogP contribution < -0.4 is 10.6 Å². The largest absolute Gasteiger partial charge is 0.378 e. The average molecular weight is 413 g/mol. The van der Waals surface area contributed by atoms with E-state index < -0.39 is 5.82 Å². The molecule has 2 fully saturated rings. The number of hydrogen-bond acceptors (Lipinski definition) is 2. The molecule has 0 radical (unpaired) electrons. The van der Waals surface area contributed by atoms with Crippen molar-refractivity contribution in [3.05, 3.63) is 95.3 Å². The fraction of sp³-hybridized carbons (Fsp3) is 0.296. The molecule has 1 heterocycles. The average Bonchev–Trinajstić information content (AvgIpc) is 3.43. The van der Waals surface area contributed by atoms with Gasteiger partial charge in [-0.15, -0.1) is 0 Å². The minimum Gasteiger partial charge on any atom is -0.378 e. The zero-order valence-electron chi connectivity index (χ0n) is 17.2. The quantitative estimate of drug-likeness (QED) is 0.524. The lowest BCUT2D eigenvalue weighted by Gasteiger charge is -2.43. The van der Waals surface area contributed by atoms with Crippen molar-refractivity contribution in [2.24, 2.45) is 17.8 Å². The molecule has 3 nitrogen and oxygen atoms in total. The molecular formula is C27H25FN2O. The molecule has 3 aromatic rings. The first-order valence-electron chi connectivity index (χ1n) is 11.2. The molecule has 156 valence electrons. The van der Waals surface area contributed by atoms with Crippen molar-refractivity contribution in [3.8, 4) is 0 Å². The monoisotopic (exact) mass is 412 g/mol. The lowest BCUT2D eigenvalue weighted by molar-refractivity contribution is 0.102. The Hall–Kier alpha value is -3.14. The minimum atomic E-state index is -0.422. The smallest absolute Gasteiger partial charge is 0.255 e. The Morgan fingerprint density at radius 3 is 2.55 bits per heavy atom. The molecule has 5 atom stereocenters. The summed E-state index contributed by atoms with van der Waals surface area (Å²) in [6.07, 6.45) is 3.86. The summed E-state index contributed by atoms with van der Waals surface area (Å²) in [7, 11) is 0. The number of rotatable bonds is 3. The summed E-state index contributed by atoms with van der Waals surface area (Å²) in [5.41, 5.74) is 4.53. The molecule has 4 heteroatoms. The van der Waals surface area contributed by atoms with E-state index in [9.17, 15) is 9.18 Å². The second kappa shape index (κ2) is 7.23. The van der Waals surface area contributed by atoms with Crippen LogP contribution in [0.5, 0.6) is 0 Å². The third-order valence-electron chi connectivity index (χ3n) is 7.63. The second-order valence-electron chi connectivity index (χ2n) is 9.21. The molecular weight excluding hydrogens is 387 g/mol. The van der Waals surface area contributed by atoms with Crippen LogP contribution in [0.25, 0.3) is 0 Å². The van der Waals surface area contributed by atoms with Crippen LogP contribution in [0.1, 0.15) is 52.7 Å². The van der Waals surface area contributed by atoms with E-state index in [4.69, 9.17) is 0 Å². The highest BCUT2D eigenvalue weighted by molar-refractivity contribution is 6.04. The maximum absolute atomic E-state index is 14.0. The van der Waals surface area contributed by atoms with Gasteiger partial charge in [0.05, 0.1) is 11.7 Å². The summed E-state index contributed by atoms with van der Waals surface area (Å²) in [6, 6.07) is 23.3. The maximum Gasteiger partial charge on any atom is 0.255 e. The SMILES string of the molecule is O=C(Nc1ccccc1F)c1ccc2c(c1)C1C3CCC(C3)C1C(c1ccccc1)N2. The fourth-order valence-electron chi connectivity index (χ4n) is 6.37. The van der Waals surface area contributed by atoms with Crippen LogP contribution in [0.3, 0.4) is 0 Å². The molecule has 3 aromatic carbocycles. The Morgan fingerprint density at radius 2 is 1.71 bits per heavy atom. The van der Waals surface area contributed by atoms with Gasteiger partial charge in [-0.05, 0) is 84.4 Å². The van der Waals surface area contributed by atoms with Gasteiger partial charge >= 0.3 is 0 Å². The maximum atomic E-state index is 14.0. The standard InChI is InChI=1S/C27H25FN2O/c28-21-8-4-5-9-23(21)30-27(31)19-12-13-22-20(15-19)24-17-10-11-18(14-17)25(24)26(29-22)16-6-2-1-3-7-16/h1-9,12-13,15,17-18,24-26,29H,10-11,14H2,(H,30,31). The first-order chi connectivity index (χ1) is 15.2. The summed E-state index contributed by atoms with van der Waals surface area (Å²) in [6.45, 7) is 0.